The molecule has 3 nitrogen and oxygen atoms in total. The Hall–Kier alpha value is -11.7. The number of para-hydroxylation sites is 3. The number of hydrogen-bond donors (Lipinski definition) is 0. The van der Waals surface area contributed by atoms with Crippen molar-refractivity contribution in [3.8, 4) is 77.9 Å². The van der Waals surface area contributed by atoms with Crippen molar-refractivity contribution in [3.05, 3.63) is 393 Å². The summed E-state index contributed by atoms with van der Waals surface area (Å²) in [5.41, 5.74) is 35.3. The molecular weight excluding hydrogens is 1260 g/mol. The van der Waals surface area contributed by atoms with Gasteiger partial charge >= 0.3 is 0 Å². The summed E-state index contributed by atoms with van der Waals surface area (Å²) in [5.74, 6) is 0. The SMILES string of the molecule is CC1(C)c2ccccc2-c2ccc(N(c3ccc(-c4cccc(-c5ccc6c(c5)-c5cc(Cl)cc(N(c7ccccc7)c7cccc8c7oc7ccccc78)c5C65c6ccccc6-c6ccccc65)c4)cc3)c3cc(Cl)cc4c3C3(c5ccccc5-c5ccccc53)c3ccccc3-4)cc21. The predicted octanol–water partition coefficient (Wildman–Crippen LogP) is 26.2. The molecule has 1 aromatic heterocycles. The number of nitrogens with zero attached hydrogens (tertiary/aromatic N) is 2. The van der Waals surface area contributed by atoms with Crippen LogP contribution in [0.2, 0.25) is 10.0 Å². The van der Waals surface area contributed by atoms with E-state index in [0.717, 1.165) is 95.0 Å². The van der Waals surface area contributed by atoms with Gasteiger partial charge in [0.25, 0.3) is 0 Å². The first kappa shape index (κ1) is 57.4. The van der Waals surface area contributed by atoms with E-state index in [0.29, 0.717) is 10.0 Å². The molecule has 21 rings (SSSR count). The molecule has 0 radical (unpaired) electrons. The quantitative estimate of drug-likeness (QED) is 0.151. The summed E-state index contributed by atoms with van der Waals surface area (Å²) in [6, 6.07) is 121. The van der Waals surface area contributed by atoms with Crippen molar-refractivity contribution in [2.45, 2.75) is 30.1 Å². The zero-order chi connectivity index (χ0) is 66.3. The van der Waals surface area contributed by atoms with Crippen LogP contribution >= 0.6 is 23.2 Å². The van der Waals surface area contributed by atoms with E-state index in [1.807, 2.05) is 6.07 Å². The first-order valence-electron chi connectivity index (χ1n) is 34.5. The smallest absolute Gasteiger partial charge is 0.159 e. The van der Waals surface area contributed by atoms with E-state index in [4.69, 9.17) is 27.6 Å². The Labute approximate surface area is 590 Å². The Balaban J connectivity index is 0.732. The standard InChI is InChI=1S/C95H60Cl2N2O/c1-93(2)78-34-13-6-26-66(78)72-48-47-65(56-85(72)93)98(87-54-61(96)52-76-71-31-11-18-39-83(71)94(90(76)87)79-35-14-7-27-67(79)68-28-8-15-36-80(68)94)64-45-42-57(43-46-64)58-22-20-23-59(50-58)60-44-49-84-75(51-60)77-53-62(97)55-88(91(77)95(84)81-37-16-9-29-69(81)70-30-10-17-38-82(70)95)99(63-24-4-3-5-25-63)86-40-21-33-74-73-32-12-19-41-89(73)100-92(74)86/h3-56H,1-2H3. The Morgan fingerprint density at radius 2 is 0.680 bits per heavy atom. The minimum absolute atomic E-state index is 0.234. The van der Waals surface area contributed by atoms with E-state index in [1.165, 1.54) is 94.6 Å². The molecule has 1 heterocycles. The molecule has 0 bridgehead atoms. The van der Waals surface area contributed by atoms with Crippen LogP contribution < -0.4 is 9.80 Å². The molecule has 5 aliphatic carbocycles. The van der Waals surface area contributed by atoms with E-state index in [2.05, 4.69) is 345 Å². The lowest BCUT2D eigenvalue weighted by Crippen LogP contribution is -2.28. The van der Waals surface area contributed by atoms with Gasteiger partial charge in [0.1, 0.15) is 5.58 Å². The number of anilines is 6. The molecule has 5 aliphatic rings. The van der Waals surface area contributed by atoms with Gasteiger partial charge in [-0.3, -0.25) is 0 Å². The first-order valence-corrected chi connectivity index (χ1v) is 35.3. The van der Waals surface area contributed by atoms with E-state index in [-0.39, 0.29) is 5.41 Å². The summed E-state index contributed by atoms with van der Waals surface area (Å²) in [4.78, 5) is 4.88. The molecule has 0 saturated heterocycles. The van der Waals surface area contributed by atoms with Gasteiger partial charge in [0.15, 0.2) is 5.58 Å². The molecule has 0 amide bonds. The van der Waals surface area contributed by atoms with Gasteiger partial charge in [0.2, 0.25) is 0 Å². The lowest BCUT2D eigenvalue weighted by atomic mass is 9.69. The molecule has 0 atom stereocenters. The molecule has 0 fully saturated rings. The first-order chi connectivity index (χ1) is 49.2. The second kappa shape index (κ2) is 21.1. The zero-order valence-corrected chi connectivity index (χ0v) is 56.2. The lowest BCUT2D eigenvalue weighted by Gasteiger charge is -2.36. The molecule has 100 heavy (non-hydrogen) atoms. The number of fused-ring (bicyclic) bond motifs is 26. The zero-order valence-electron chi connectivity index (χ0n) is 54.7. The van der Waals surface area contributed by atoms with Gasteiger partial charge in [0, 0.05) is 54.4 Å². The summed E-state index contributed by atoms with van der Waals surface area (Å²) >= 11 is 15.2. The van der Waals surface area contributed by atoms with Crippen LogP contribution in [-0.4, -0.2) is 0 Å². The second-order valence-corrected chi connectivity index (χ2v) is 28.8. The highest BCUT2D eigenvalue weighted by molar-refractivity contribution is 6.32. The van der Waals surface area contributed by atoms with Gasteiger partial charge in [-0.1, -0.05) is 280 Å². The predicted molar refractivity (Wildman–Crippen MR) is 414 cm³/mol. The summed E-state index contributed by atoms with van der Waals surface area (Å²) in [6.07, 6.45) is 0. The fourth-order valence-electron chi connectivity index (χ4n) is 18.8. The van der Waals surface area contributed by atoms with Gasteiger partial charge in [-0.15, -0.1) is 0 Å². The molecular formula is C95H60Cl2N2O. The summed E-state index contributed by atoms with van der Waals surface area (Å²) in [6.45, 7) is 4.74. The van der Waals surface area contributed by atoms with Crippen molar-refractivity contribution >= 4 is 79.3 Å². The van der Waals surface area contributed by atoms with Crippen LogP contribution in [0.5, 0.6) is 0 Å². The maximum Gasteiger partial charge on any atom is 0.159 e. The van der Waals surface area contributed by atoms with Crippen LogP contribution in [0.15, 0.2) is 332 Å². The third-order valence-electron chi connectivity index (χ3n) is 22.8. The Morgan fingerprint density at radius 1 is 0.260 bits per heavy atom. The largest absolute Gasteiger partial charge is 0.454 e. The molecule has 16 aromatic rings. The molecule has 2 spiro atoms. The monoisotopic (exact) mass is 1310 g/mol. The topological polar surface area (TPSA) is 19.6 Å². The van der Waals surface area contributed by atoms with E-state index >= 15 is 0 Å². The van der Waals surface area contributed by atoms with Crippen LogP contribution in [0.3, 0.4) is 0 Å². The molecule has 5 heteroatoms. The second-order valence-electron chi connectivity index (χ2n) is 28.0. The minimum atomic E-state index is -0.717. The highest BCUT2D eigenvalue weighted by atomic mass is 35.5. The third-order valence-corrected chi connectivity index (χ3v) is 23.2. The minimum Gasteiger partial charge on any atom is -0.454 e. The van der Waals surface area contributed by atoms with Gasteiger partial charge in [0.05, 0.1) is 27.9 Å². The van der Waals surface area contributed by atoms with Gasteiger partial charge in [-0.25, -0.2) is 0 Å². The van der Waals surface area contributed by atoms with E-state index < -0.39 is 10.8 Å². The van der Waals surface area contributed by atoms with Gasteiger partial charge < -0.3 is 14.2 Å². The van der Waals surface area contributed by atoms with E-state index in [9.17, 15) is 0 Å². The maximum absolute atomic E-state index is 7.65. The van der Waals surface area contributed by atoms with Crippen molar-refractivity contribution in [1.29, 1.82) is 0 Å². The number of hydrogen-bond acceptors (Lipinski definition) is 3. The fourth-order valence-corrected chi connectivity index (χ4v) is 19.2. The van der Waals surface area contributed by atoms with Crippen LogP contribution in [0.1, 0.15) is 69.5 Å². The molecule has 0 unspecified atom stereocenters. The number of furan rings is 1. The van der Waals surface area contributed by atoms with Crippen LogP contribution in [0, 0.1) is 0 Å². The van der Waals surface area contributed by atoms with Crippen molar-refractivity contribution in [2.24, 2.45) is 0 Å². The van der Waals surface area contributed by atoms with Crippen LogP contribution in [0.25, 0.3) is 99.8 Å². The highest BCUT2D eigenvalue weighted by Crippen LogP contribution is 2.69. The van der Waals surface area contributed by atoms with Gasteiger partial charge in [-0.05, 0) is 207 Å². The Bertz CT molecular complexity index is 6100. The van der Waals surface area contributed by atoms with E-state index in [1.54, 1.807) is 0 Å². The Morgan fingerprint density at radius 3 is 1.28 bits per heavy atom. The highest BCUT2D eigenvalue weighted by Gasteiger charge is 2.56. The summed E-state index contributed by atoms with van der Waals surface area (Å²) in [7, 11) is 0. The molecule has 0 saturated carbocycles. The molecule has 470 valence electrons. The number of benzene rings is 15. The van der Waals surface area contributed by atoms with Crippen LogP contribution in [0.4, 0.5) is 34.1 Å². The summed E-state index contributed by atoms with van der Waals surface area (Å²) < 4.78 is 6.92. The lowest BCUT2D eigenvalue weighted by molar-refractivity contribution is 0.660. The molecule has 15 aromatic carbocycles. The van der Waals surface area contributed by atoms with Crippen molar-refractivity contribution in [2.75, 3.05) is 9.80 Å². The number of halogens is 2. The average Bonchev–Trinajstić information content (AvgIpc) is 1.51. The van der Waals surface area contributed by atoms with Gasteiger partial charge in [-0.2, -0.15) is 0 Å². The summed E-state index contributed by atoms with van der Waals surface area (Å²) in [5, 5.41) is 3.46. The van der Waals surface area contributed by atoms with Crippen molar-refractivity contribution < 1.29 is 4.42 Å². The molecule has 0 aliphatic heterocycles. The van der Waals surface area contributed by atoms with Crippen molar-refractivity contribution in [3.63, 3.8) is 0 Å². The number of rotatable bonds is 8. The third kappa shape index (κ3) is 7.71. The van der Waals surface area contributed by atoms with Crippen molar-refractivity contribution in [1.82, 2.24) is 0 Å². The fraction of sp³-hybridized carbons (Fsp3) is 0.0526. The van der Waals surface area contributed by atoms with Crippen LogP contribution in [-0.2, 0) is 16.2 Å². The normalized spacial score (nSPS) is 14.2. The Kier molecular flexibility index (Phi) is 12.1. The maximum atomic E-state index is 7.65. The molecule has 0 N–H and O–H groups in total. The average molecular weight is 1320 g/mol.